The molecule has 2 unspecified atom stereocenters. The van der Waals surface area contributed by atoms with Crippen molar-refractivity contribution in [1.29, 1.82) is 0 Å². The molecule has 3 rings (SSSR count). The first-order chi connectivity index (χ1) is 10.00. The lowest BCUT2D eigenvalue weighted by atomic mass is 9.90. The van der Waals surface area contributed by atoms with E-state index in [1.807, 2.05) is 12.1 Å². The summed E-state index contributed by atoms with van der Waals surface area (Å²) in [4.78, 5) is 4.29. The van der Waals surface area contributed by atoms with E-state index in [2.05, 4.69) is 38.6 Å². The third-order valence-corrected chi connectivity index (χ3v) is 5.00. The summed E-state index contributed by atoms with van der Waals surface area (Å²) >= 11 is 20.3. The molecule has 2 aromatic rings. The number of thiol groups is 1. The van der Waals surface area contributed by atoms with Crippen molar-refractivity contribution in [3.63, 3.8) is 0 Å². The van der Waals surface area contributed by atoms with Gasteiger partial charge in [-0.05, 0) is 18.6 Å². The van der Waals surface area contributed by atoms with Crippen LogP contribution < -0.4 is 0 Å². The molecule has 1 fully saturated rings. The first kappa shape index (κ1) is 15.6. The fourth-order valence-corrected chi connectivity index (χ4v) is 3.99. The first-order valence-corrected chi connectivity index (χ1v) is 8.42. The van der Waals surface area contributed by atoms with Gasteiger partial charge in [-0.15, -0.1) is 12.6 Å². The van der Waals surface area contributed by atoms with Gasteiger partial charge in [0.2, 0.25) is 0 Å². The summed E-state index contributed by atoms with van der Waals surface area (Å²) in [5, 5.41) is 5.92. The van der Waals surface area contributed by atoms with Crippen LogP contribution >= 0.6 is 51.8 Å². The lowest BCUT2D eigenvalue weighted by molar-refractivity contribution is -0.0188. The Hall–Kier alpha value is -0.270. The van der Waals surface area contributed by atoms with Gasteiger partial charge in [0.15, 0.2) is 5.16 Å². The molecule has 21 heavy (non-hydrogen) atoms. The average molecular weight is 409 g/mol. The summed E-state index contributed by atoms with van der Waals surface area (Å²) in [5.41, 5.74) is 0.333. The molecule has 1 aliphatic rings. The van der Waals surface area contributed by atoms with Crippen molar-refractivity contribution in [2.45, 2.75) is 28.6 Å². The molecule has 1 aromatic heterocycles. The number of alkyl halides is 1. The van der Waals surface area contributed by atoms with E-state index in [1.54, 1.807) is 10.7 Å². The molecule has 1 aliphatic heterocycles. The minimum absolute atomic E-state index is 0.260. The molecule has 0 amide bonds. The Morgan fingerprint density at radius 2 is 2.29 bits per heavy atom. The number of aromatic nitrogens is 3. The van der Waals surface area contributed by atoms with E-state index in [0.717, 1.165) is 12.0 Å². The zero-order valence-corrected chi connectivity index (χ0v) is 14.8. The van der Waals surface area contributed by atoms with Gasteiger partial charge < -0.3 is 4.74 Å². The Morgan fingerprint density at radius 3 is 2.86 bits per heavy atom. The van der Waals surface area contributed by atoms with Crippen LogP contribution in [-0.2, 0) is 16.9 Å². The van der Waals surface area contributed by atoms with Crippen molar-refractivity contribution in [2.75, 3.05) is 6.61 Å². The molecule has 4 nitrogen and oxygen atoms in total. The van der Waals surface area contributed by atoms with E-state index < -0.39 is 5.60 Å². The van der Waals surface area contributed by atoms with Crippen molar-refractivity contribution >= 4 is 51.8 Å². The molecule has 112 valence electrons. The highest BCUT2D eigenvalue weighted by molar-refractivity contribution is 9.09. The van der Waals surface area contributed by atoms with Crippen LogP contribution in [0.2, 0.25) is 10.0 Å². The van der Waals surface area contributed by atoms with E-state index in [0.29, 0.717) is 28.4 Å². The van der Waals surface area contributed by atoms with E-state index >= 15 is 0 Å². The van der Waals surface area contributed by atoms with Crippen molar-refractivity contribution in [2.24, 2.45) is 0 Å². The number of benzene rings is 1. The summed E-state index contributed by atoms with van der Waals surface area (Å²) in [6.07, 6.45) is 2.25. The lowest BCUT2D eigenvalue weighted by Crippen LogP contribution is -2.32. The minimum atomic E-state index is -0.568. The maximum Gasteiger partial charge on any atom is 0.183 e. The first-order valence-electron chi connectivity index (χ1n) is 6.30. The van der Waals surface area contributed by atoms with Crippen molar-refractivity contribution < 1.29 is 4.74 Å². The Labute approximate surface area is 146 Å². The van der Waals surface area contributed by atoms with Crippen LogP contribution in [0.1, 0.15) is 12.0 Å². The molecule has 0 N–H and O–H groups in total. The van der Waals surface area contributed by atoms with E-state index in [4.69, 9.17) is 27.9 Å². The Bertz CT molecular complexity index is 669. The van der Waals surface area contributed by atoms with Crippen LogP contribution in [0, 0.1) is 0 Å². The largest absolute Gasteiger partial charge is 0.367 e. The van der Waals surface area contributed by atoms with Crippen molar-refractivity contribution in [1.82, 2.24) is 14.8 Å². The van der Waals surface area contributed by atoms with E-state index in [9.17, 15) is 0 Å². The number of ether oxygens (including phenoxy) is 1. The predicted molar refractivity (Wildman–Crippen MR) is 88.7 cm³/mol. The summed E-state index contributed by atoms with van der Waals surface area (Å²) in [5.74, 6) is 0. The molecule has 2 atom stereocenters. The monoisotopic (exact) mass is 407 g/mol. The van der Waals surface area contributed by atoms with Gasteiger partial charge in [-0.25, -0.2) is 9.67 Å². The highest BCUT2D eigenvalue weighted by Gasteiger charge is 2.43. The molecule has 0 spiro atoms. The predicted octanol–water partition coefficient (Wildman–Crippen LogP) is 3.95. The zero-order valence-electron chi connectivity index (χ0n) is 10.8. The maximum atomic E-state index is 6.38. The molecule has 1 aromatic carbocycles. The Kier molecular flexibility index (Phi) is 4.52. The summed E-state index contributed by atoms with van der Waals surface area (Å²) in [7, 11) is 0. The second kappa shape index (κ2) is 6.08. The van der Waals surface area contributed by atoms with Gasteiger partial charge in [-0.1, -0.05) is 45.2 Å². The second-order valence-corrected chi connectivity index (χ2v) is 7.49. The van der Waals surface area contributed by atoms with Crippen molar-refractivity contribution in [3.05, 3.63) is 40.1 Å². The van der Waals surface area contributed by atoms with Crippen molar-refractivity contribution in [3.8, 4) is 0 Å². The van der Waals surface area contributed by atoms with Gasteiger partial charge in [0.25, 0.3) is 0 Å². The molecule has 0 saturated carbocycles. The van der Waals surface area contributed by atoms with Gasteiger partial charge in [-0.3, -0.25) is 0 Å². The fraction of sp³-hybridized carbons (Fsp3) is 0.385. The molecular formula is C13H12BrCl2N3OS. The molecule has 0 aliphatic carbocycles. The normalized spacial score (nSPS) is 25.4. The topological polar surface area (TPSA) is 39.9 Å². The summed E-state index contributed by atoms with van der Waals surface area (Å²) in [6, 6.07) is 5.46. The van der Waals surface area contributed by atoms with Gasteiger partial charge in [0, 0.05) is 20.4 Å². The highest BCUT2D eigenvalue weighted by Crippen LogP contribution is 2.43. The van der Waals surface area contributed by atoms with Gasteiger partial charge in [0.1, 0.15) is 11.9 Å². The molecule has 8 heteroatoms. The third kappa shape index (κ3) is 3.10. The number of hydrogen-bond donors (Lipinski definition) is 1. The quantitative estimate of drug-likeness (QED) is 0.617. The van der Waals surface area contributed by atoms with Gasteiger partial charge in [0.05, 0.1) is 13.2 Å². The molecular weight excluding hydrogens is 397 g/mol. The maximum absolute atomic E-state index is 6.38. The third-order valence-electron chi connectivity index (χ3n) is 3.51. The number of hydrogen-bond acceptors (Lipinski definition) is 4. The van der Waals surface area contributed by atoms with Crippen LogP contribution in [0.3, 0.4) is 0 Å². The zero-order chi connectivity index (χ0) is 15.0. The van der Waals surface area contributed by atoms with E-state index in [1.165, 1.54) is 6.33 Å². The fourth-order valence-electron chi connectivity index (χ4n) is 2.58. The Balaban J connectivity index is 2.03. The number of nitrogens with zero attached hydrogens (tertiary/aromatic N) is 3. The molecule has 2 heterocycles. The molecule has 0 radical (unpaired) electrons. The average Bonchev–Trinajstić information content (AvgIpc) is 2.98. The molecule has 1 saturated heterocycles. The lowest BCUT2D eigenvalue weighted by Gasteiger charge is -2.30. The van der Waals surface area contributed by atoms with Gasteiger partial charge >= 0.3 is 0 Å². The van der Waals surface area contributed by atoms with Crippen LogP contribution in [-0.4, -0.2) is 26.2 Å². The standard InChI is InChI=1S/C13H12BrCl2N3OS/c14-8-4-13(20-5-8,6-19-12(21)17-7-18-19)10-2-1-9(15)3-11(10)16/h1-3,7-8H,4-6H2,(H,17,18,21). The van der Waals surface area contributed by atoms with Crippen LogP contribution in [0.5, 0.6) is 0 Å². The summed E-state index contributed by atoms with van der Waals surface area (Å²) < 4.78 is 7.80. The highest BCUT2D eigenvalue weighted by atomic mass is 79.9. The van der Waals surface area contributed by atoms with Crippen LogP contribution in [0.15, 0.2) is 29.7 Å². The molecule has 0 bridgehead atoms. The minimum Gasteiger partial charge on any atom is -0.367 e. The SMILES string of the molecule is Sc1ncnn1CC1(c2ccc(Cl)cc2Cl)CC(Br)CO1. The van der Waals surface area contributed by atoms with E-state index in [-0.39, 0.29) is 4.83 Å². The smallest absolute Gasteiger partial charge is 0.183 e. The van der Waals surface area contributed by atoms with Crippen LogP contribution in [0.4, 0.5) is 0 Å². The summed E-state index contributed by atoms with van der Waals surface area (Å²) in [6.45, 7) is 1.10. The van der Waals surface area contributed by atoms with Crippen LogP contribution in [0.25, 0.3) is 0 Å². The number of halogens is 3. The Morgan fingerprint density at radius 1 is 1.48 bits per heavy atom. The number of rotatable bonds is 3. The van der Waals surface area contributed by atoms with Gasteiger partial charge in [-0.2, -0.15) is 5.10 Å². The second-order valence-electron chi connectivity index (χ2n) is 4.95.